The molecule has 6 aliphatic rings. The van der Waals surface area contributed by atoms with Crippen molar-refractivity contribution >= 4 is 229 Å². The number of halogens is 21. The first-order chi connectivity index (χ1) is 67.9. The zero-order valence-electron chi connectivity index (χ0n) is 77.4. The molecule has 1 amide bonds. The van der Waals surface area contributed by atoms with Crippen LogP contribution in [-0.2, 0) is 81.6 Å². The van der Waals surface area contributed by atoms with E-state index in [0.29, 0.717) is 75.6 Å². The number of carbonyl (C=O) groups excluding carboxylic acids is 1. The van der Waals surface area contributed by atoms with Gasteiger partial charge >= 0.3 is 30.8 Å². The van der Waals surface area contributed by atoms with Crippen molar-refractivity contribution in [3.8, 4) is 0 Å². The Bertz CT molecular complexity index is 7500. The van der Waals surface area contributed by atoms with E-state index in [2.05, 4.69) is 161 Å². The fraction of sp³-hybridized carbons (Fsp3) is 0.281. The van der Waals surface area contributed by atoms with Crippen LogP contribution in [0.1, 0.15) is 154 Å². The van der Waals surface area contributed by atoms with E-state index in [1.807, 2.05) is 36.7 Å². The number of amides is 1. The number of nitrogens with zero attached hydrogens (tertiary/aromatic N) is 14. The average Bonchev–Trinajstić information content (AvgIpc) is 1.53. The minimum absolute atomic E-state index is 0.00433. The summed E-state index contributed by atoms with van der Waals surface area (Å²) in [7, 11) is -9.38. The van der Waals surface area contributed by atoms with Gasteiger partial charge in [0.2, 0.25) is 0 Å². The largest absolute Gasteiger partial charge is 0.444 e. The summed E-state index contributed by atoms with van der Waals surface area (Å²) < 4.78 is 216. The highest BCUT2D eigenvalue weighted by atomic mass is 127. The number of aromatic nitrogens is 11. The molecule has 0 radical (unpaired) electrons. The van der Waals surface area contributed by atoms with Crippen molar-refractivity contribution < 1.29 is 88.9 Å². The van der Waals surface area contributed by atoms with Gasteiger partial charge in [-0.05, 0) is 156 Å². The fourth-order valence-electron chi connectivity index (χ4n) is 17.1. The monoisotopic (exact) mass is 2430 g/mol. The Balaban J connectivity index is 0.000000150. The first-order valence-corrected chi connectivity index (χ1v) is 53.5. The Morgan fingerprint density at radius 3 is 1.37 bits per heavy atom. The molecule has 1 fully saturated rings. The molecule has 0 bridgehead atoms. The summed E-state index contributed by atoms with van der Waals surface area (Å²) >= 11 is 45.6. The van der Waals surface area contributed by atoms with Gasteiger partial charge in [-0.2, -0.15) is 52.7 Å². The lowest BCUT2D eigenvalue weighted by atomic mass is 10.00. The first kappa shape index (κ1) is 113. The summed E-state index contributed by atoms with van der Waals surface area (Å²) in [6, 6.07) is 23.9. The molecular weight excluding hydrogens is 2350 g/mol. The van der Waals surface area contributed by atoms with Crippen LogP contribution in [-0.4, -0.2) is 118 Å². The molecule has 13 aromatic rings. The molecule has 0 spiro atoms. The van der Waals surface area contributed by atoms with Crippen LogP contribution in [0.5, 0.6) is 0 Å². The quantitative estimate of drug-likeness (QED) is 0.0390. The molecule has 5 aliphatic carbocycles. The standard InChI is InChI=1S/C19H23F3N4O4.C16H25ClN2Si.C14H8ClF3N2O2S.C13H8ClIN2O2S.C9H4ClF3N2O2.C9H5ClF3N.C8H5ClIN.C8H6ClN/c1-18(2,3)30-17(27)24-11-5-4-8-25(10-11)16-12(19(20,21)22)9-23-13-6-7-14(15(13)16)26(28)29;1-11(2)20(12(3)4,13(5)6)19-10-8-14-15(17)7-9-18-16(14)19;15-12-10-6-7-20(13(10)19-8-11(12)14(16,17)18)23(21,22)9-4-2-1-3-5-9;14-12-10-6-7-17(13(10)16-8-11(12)15)20(18,19)9-4-2-1-3-5-9;10-8-4(9(11,12)13)3-14-5-1-2-6(7(5)8)15(16)17;10-8-5-2-1-3-7(5)14-4-6(8)9(11,12)13;9-8-5-2-1-3-7(5)11-4-6(8)10;9-7-4-5-10-8-3-1-2-6(7)8/h7,9,11H,4-6,8,10H2,1-3H3,(H,24,27);7-13H,1-6H3;1-8H;1-8H;2-3H,1H2;1-2,4H,3H2;1-2,4H,3H2;1-2,4-5H,3H2/t11-;;;;;;;/m1......./s1. The molecule has 1 N–H and O–H groups in total. The van der Waals surface area contributed by atoms with E-state index in [0.717, 1.165) is 95.1 Å². The second-order valence-corrected chi connectivity index (χ2v) is 49.0. The molecule has 1 aliphatic heterocycles. The van der Waals surface area contributed by atoms with E-state index in [-0.39, 0.29) is 85.7 Å². The number of piperidine rings is 1. The third kappa shape index (κ3) is 25.4. The lowest BCUT2D eigenvalue weighted by molar-refractivity contribution is -0.375. The molecule has 1 saturated heterocycles. The summed E-state index contributed by atoms with van der Waals surface area (Å²) in [6.07, 6.45) is 12.9. The fourth-order valence-corrected chi connectivity index (χ4v) is 29.0. The number of alkyl halides is 12. The van der Waals surface area contributed by atoms with E-state index in [9.17, 15) is 94.5 Å². The molecule has 49 heteroatoms. The average molecular weight is 2430 g/mol. The molecule has 0 saturated carbocycles. The minimum atomic E-state index is -4.73. The van der Waals surface area contributed by atoms with Crippen molar-refractivity contribution in [2.75, 3.05) is 18.0 Å². The van der Waals surface area contributed by atoms with E-state index < -0.39 is 119 Å². The number of benzene rings is 2. The van der Waals surface area contributed by atoms with Gasteiger partial charge in [0, 0.05) is 158 Å². The Labute approximate surface area is 886 Å². The summed E-state index contributed by atoms with van der Waals surface area (Å²) in [6.45, 7) is 19.7. The first-order valence-electron chi connectivity index (χ1n) is 43.7. The third-order valence-electron chi connectivity index (χ3n) is 23.3. The Hall–Kier alpha value is -10.4. The van der Waals surface area contributed by atoms with Gasteiger partial charge in [-0.1, -0.05) is 196 Å². The van der Waals surface area contributed by atoms with Crippen LogP contribution in [0.4, 0.5) is 63.2 Å². The number of anilines is 1. The molecule has 2 aromatic carbocycles. The van der Waals surface area contributed by atoms with Crippen molar-refractivity contribution in [1.82, 2.24) is 57.4 Å². The normalized spacial score (nSPS) is 14.5. The van der Waals surface area contributed by atoms with Gasteiger partial charge in [0.1, 0.15) is 11.2 Å². The molecular formula is C96H84Cl7F12I2N15O10S2Si. The zero-order valence-corrected chi connectivity index (χ0v) is 89.6. The lowest BCUT2D eigenvalue weighted by Crippen LogP contribution is -2.51. The predicted molar refractivity (Wildman–Crippen MR) is 556 cm³/mol. The molecule has 19 rings (SSSR count). The summed E-state index contributed by atoms with van der Waals surface area (Å²) in [5.74, 6) is 0. The van der Waals surface area contributed by atoms with Gasteiger partial charge in [0.05, 0.1) is 129 Å². The lowest BCUT2D eigenvalue weighted by Gasteiger charge is -2.44. The number of nitrogens with one attached hydrogen (secondary N) is 1. The molecule has 1 atom stereocenters. The van der Waals surface area contributed by atoms with Gasteiger partial charge in [0.15, 0.2) is 19.5 Å². The van der Waals surface area contributed by atoms with Crippen molar-refractivity contribution in [3.63, 3.8) is 0 Å². The Morgan fingerprint density at radius 1 is 0.469 bits per heavy atom. The van der Waals surface area contributed by atoms with E-state index in [1.54, 1.807) is 99.9 Å². The van der Waals surface area contributed by atoms with Gasteiger partial charge in [0.25, 0.3) is 31.4 Å². The minimum Gasteiger partial charge on any atom is -0.444 e. The van der Waals surface area contributed by atoms with Gasteiger partial charge in [-0.25, -0.2) is 44.5 Å². The summed E-state index contributed by atoms with van der Waals surface area (Å²) in [4.78, 5) is 66.4. The maximum atomic E-state index is 13.7. The van der Waals surface area contributed by atoms with Crippen LogP contribution in [0.2, 0.25) is 51.8 Å². The Morgan fingerprint density at radius 2 is 0.876 bits per heavy atom. The number of rotatable bonds is 12. The van der Waals surface area contributed by atoms with Crippen LogP contribution in [0.15, 0.2) is 199 Å². The van der Waals surface area contributed by atoms with Crippen molar-refractivity contribution in [2.24, 2.45) is 0 Å². The molecule has 0 unspecified atom stereocenters. The number of allylic oxidation sites excluding steroid dienone is 5. The summed E-state index contributed by atoms with van der Waals surface area (Å²) in [5.41, 5.74) is 2.73. The number of pyridine rings is 8. The van der Waals surface area contributed by atoms with Crippen LogP contribution in [0, 0.1) is 27.4 Å². The van der Waals surface area contributed by atoms with Crippen LogP contribution >= 0.6 is 126 Å². The van der Waals surface area contributed by atoms with Gasteiger partial charge in [-0.15, -0.1) is 0 Å². The summed E-state index contributed by atoms with van der Waals surface area (Å²) in [5, 5.41) is 27.8. The van der Waals surface area contributed by atoms with Crippen LogP contribution in [0.25, 0.3) is 62.7 Å². The van der Waals surface area contributed by atoms with E-state index >= 15 is 0 Å². The number of hydrogen-bond acceptors (Lipinski definition) is 19. The number of hydrogen-bond donors (Lipinski definition) is 1. The number of alkyl carbamates (subject to hydrolysis) is 1. The smallest absolute Gasteiger partial charge is 0.419 e. The molecule has 12 heterocycles. The highest BCUT2D eigenvalue weighted by Crippen LogP contribution is 2.49. The highest BCUT2D eigenvalue weighted by molar-refractivity contribution is 14.1. The third-order valence-corrected chi connectivity index (χ3v) is 38.4. The highest BCUT2D eigenvalue weighted by Gasteiger charge is 2.48. The van der Waals surface area contributed by atoms with Gasteiger partial charge in [-0.3, -0.25) is 45.1 Å². The molecule has 766 valence electrons. The van der Waals surface area contributed by atoms with Crippen molar-refractivity contribution in [3.05, 3.63) is 331 Å². The topological polar surface area (TPSA) is 314 Å². The van der Waals surface area contributed by atoms with Gasteiger partial charge < -0.3 is 19.2 Å². The predicted octanol–water partition coefficient (Wildman–Crippen LogP) is 28.4. The second kappa shape index (κ2) is 46.2. The number of ether oxygens (including phenoxy) is 1. The van der Waals surface area contributed by atoms with Crippen molar-refractivity contribution in [1.29, 1.82) is 0 Å². The molecule has 145 heavy (non-hydrogen) atoms. The number of fused-ring (bicyclic) bond motifs is 8. The maximum absolute atomic E-state index is 13.7. The molecule has 25 nitrogen and oxygen atoms in total. The second-order valence-electron chi connectivity index (χ2n) is 34.6. The SMILES string of the molecule is CC(C)(C)OC(=O)N[C@@H]1CCCN(c2c(C(F)(F)F)cnc3c2C([N+](=O)[O-])=CC3)C1.CC(C)[Si](C(C)C)(C(C)C)n1ccc2c(Cl)ccnc21.Clc1c(I)cnc2c1C=CC2.Clc1ccnc2c1C=CC2.FC(F)(F)c1cnc2c(c1Cl)C=CC2.O=S(=O)(c1ccccc1)n1ccc2c(Cl)c(C(F)(F)F)cnc21.O=S(=O)(c1ccccc1)n1ccc2c(Cl)c(I)cnc21.O=[N+]([O-])C1=CCc2ncc(C(F)(F)F)c(Cl)c21. The number of nitro groups is 2. The van der Waals surface area contributed by atoms with Crippen molar-refractivity contribution in [2.45, 2.75) is 170 Å². The number of carbonyl (C=O) groups is 1. The van der Waals surface area contributed by atoms with Crippen LogP contribution < -0.4 is 10.2 Å². The van der Waals surface area contributed by atoms with E-state index in [1.165, 1.54) is 41.4 Å². The molecule has 11 aromatic heterocycles. The Kier molecular flexibility index (Phi) is 36.1. The zero-order chi connectivity index (χ0) is 106. The van der Waals surface area contributed by atoms with Crippen LogP contribution in [0.3, 0.4) is 0 Å². The maximum Gasteiger partial charge on any atom is 0.419 e. The van der Waals surface area contributed by atoms with E-state index in [4.69, 9.17) is 85.9 Å².